The summed E-state index contributed by atoms with van der Waals surface area (Å²) in [6.45, 7) is 4.01. The van der Waals surface area contributed by atoms with Gasteiger partial charge in [0.05, 0.1) is 0 Å². The Hall–Kier alpha value is -3.28. The number of nitrogens with zero attached hydrogens (tertiary/aromatic N) is 2. The molecule has 0 aliphatic rings. The molecule has 0 atom stereocenters. The highest BCUT2D eigenvalue weighted by Crippen LogP contribution is 2.17. The van der Waals surface area contributed by atoms with E-state index < -0.39 is 5.91 Å². The molecule has 126 valence electrons. The minimum absolute atomic E-state index is 0.214. The molecule has 0 fully saturated rings. The lowest BCUT2D eigenvalue weighted by atomic mass is 10.1. The number of aryl methyl sites for hydroxylation is 2. The largest absolute Gasteiger partial charge is 0.324 e. The smallest absolute Gasteiger partial charge is 0.274 e. The molecule has 1 heterocycles. The number of nitrogens with one attached hydrogen (secondary N) is 2. The van der Waals surface area contributed by atoms with Crippen LogP contribution in [0.1, 0.15) is 21.6 Å². The number of carbonyl (C=O) groups excluding carboxylic acids is 1. The maximum Gasteiger partial charge on any atom is 0.274 e. The van der Waals surface area contributed by atoms with Crippen LogP contribution in [-0.4, -0.2) is 15.9 Å². The van der Waals surface area contributed by atoms with Gasteiger partial charge in [0.1, 0.15) is 11.5 Å². The number of hydrogen-bond donors (Lipinski definition) is 2. The van der Waals surface area contributed by atoms with Gasteiger partial charge in [-0.25, -0.2) is 14.4 Å². The Labute approximate surface area is 145 Å². The number of aromatic nitrogens is 2. The standard InChI is InChI=1S/C19H17FN4O/c1-12-9-13(2)11-16(10-12)23-19-21-8-7-17(24-19)18(25)22-15-5-3-14(20)4-6-15/h3-11H,1-2H3,(H,22,25)(H,21,23,24). The van der Waals surface area contributed by atoms with Gasteiger partial charge in [0.15, 0.2) is 0 Å². The lowest BCUT2D eigenvalue weighted by Crippen LogP contribution is -2.14. The molecule has 2 N–H and O–H groups in total. The number of amides is 1. The number of hydrogen-bond acceptors (Lipinski definition) is 4. The second-order valence-electron chi connectivity index (χ2n) is 5.73. The van der Waals surface area contributed by atoms with E-state index in [9.17, 15) is 9.18 Å². The highest BCUT2D eigenvalue weighted by atomic mass is 19.1. The topological polar surface area (TPSA) is 66.9 Å². The van der Waals surface area contributed by atoms with E-state index in [0.29, 0.717) is 11.6 Å². The fourth-order valence-electron chi connectivity index (χ4n) is 2.45. The molecule has 1 aromatic heterocycles. The van der Waals surface area contributed by atoms with Crippen LogP contribution < -0.4 is 10.6 Å². The van der Waals surface area contributed by atoms with Gasteiger partial charge < -0.3 is 10.6 Å². The molecule has 6 heteroatoms. The first-order chi connectivity index (χ1) is 12.0. The van der Waals surface area contributed by atoms with E-state index in [0.717, 1.165) is 16.8 Å². The van der Waals surface area contributed by atoms with Gasteiger partial charge in [-0.1, -0.05) is 6.07 Å². The summed E-state index contributed by atoms with van der Waals surface area (Å²) in [6, 6.07) is 13.1. The van der Waals surface area contributed by atoms with Crippen molar-refractivity contribution in [2.45, 2.75) is 13.8 Å². The van der Waals surface area contributed by atoms with E-state index in [-0.39, 0.29) is 11.5 Å². The minimum Gasteiger partial charge on any atom is -0.324 e. The molecule has 0 radical (unpaired) electrons. The van der Waals surface area contributed by atoms with Gasteiger partial charge in [0.2, 0.25) is 5.95 Å². The highest BCUT2D eigenvalue weighted by Gasteiger charge is 2.10. The first-order valence-electron chi connectivity index (χ1n) is 7.75. The summed E-state index contributed by atoms with van der Waals surface area (Å²) in [5.74, 6) is -0.422. The third kappa shape index (κ3) is 4.38. The van der Waals surface area contributed by atoms with Gasteiger partial charge in [-0.15, -0.1) is 0 Å². The van der Waals surface area contributed by atoms with Crippen molar-refractivity contribution in [1.29, 1.82) is 0 Å². The normalized spacial score (nSPS) is 10.4. The molecular formula is C19H17FN4O. The van der Waals surface area contributed by atoms with Gasteiger partial charge in [-0.05, 0) is 67.4 Å². The van der Waals surface area contributed by atoms with Crippen LogP contribution in [0.25, 0.3) is 0 Å². The van der Waals surface area contributed by atoms with Gasteiger partial charge in [0, 0.05) is 17.6 Å². The summed E-state index contributed by atoms with van der Waals surface area (Å²) in [6.07, 6.45) is 1.51. The average Bonchev–Trinajstić information content (AvgIpc) is 2.56. The van der Waals surface area contributed by atoms with Gasteiger partial charge in [-0.3, -0.25) is 4.79 Å². The molecule has 5 nitrogen and oxygen atoms in total. The summed E-state index contributed by atoms with van der Waals surface area (Å²) >= 11 is 0. The molecule has 1 amide bonds. The third-order valence-corrected chi connectivity index (χ3v) is 3.47. The summed E-state index contributed by atoms with van der Waals surface area (Å²) in [4.78, 5) is 20.7. The monoisotopic (exact) mass is 336 g/mol. The second-order valence-corrected chi connectivity index (χ2v) is 5.73. The van der Waals surface area contributed by atoms with Crippen LogP contribution >= 0.6 is 0 Å². The summed E-state index contributed by atoms with van der Waals surface area (Å²) in [5.41, 5.74) is 3.80. The molecule has 0 unspecified atom stereocenters. The van der Waals surface area contributed by atoms with Crippen LogP contribution in [0, 0.1) is 19.7 Å². The van der Waals surface area contributed by atoms with E-state index in [1.807, 2.05) is 26.0 Å². The van der Waals surface area contributed by atoms with Crippen molar-refractivity contribution in [2.24, 2.45) is 0 Å². The fourth-order valence-corrected chi connectivity index (χ4v) is 2.45. The lowest BCUT2D eigenvalue weighted by molar-refractivity contribution is 0.102. The Bertz CT molecular complexity index is 889. The zero-order valence-electron chi connectivity index (χ0n) is 13.9. The van der Waals surface area contributed by atoms with E-state index >= 15 is 0 Å². The van der Waals surface area contributed by atoms with E-state index in [4.69, 9.17) is 0 Å². The van der Waals surface area contributed by atoms with Crippen LogP contribution in [0.3, 0.4) is 0 Å². The number of halogens is 1. The molecule has 0 bridgehead atoms. The van der Waals surface area contributed by atoms with E-state index in [2.05, 4.69) is 26.7 Å². The Kier molecular flexibility index (Phi) is 4.70. The Morgan fingerprint density at radius 3 is 2.32 bits per heavy atom. The third-order valence-electron chi connectivity index (χ3n) is 3.47. The SMILES string of the molecule is Cc1cc(C)cc(Nc2nccc(C(=O)Nc3ccc(F)cc3)n2)c1. The quantitative estimate of drug-likeness (QED) is 0.748. The molecule has 0 aliphatic carbocycles. The number of anilines is 3. The number of benzene rings is 2. The van der Waals surface area contributed by atoms with E-state index in [1.165, 1.54) is 36.5 Å². The van der Waals surface area contributed by atoms with Gasteiger partial charge in [0.25, 0.3) is 5.91 Å². The molecule has 25 heavy (non-hydrogen) atoms. The van der Waals surface area contributed by atoms with Crippen molar-refractivity contribution < 1.29 is 9.18 Å². The molecule has 0 saturated carbocycles. The highest BCUT2D eigenvalue weighted by molar-refractivity contribution is 6.02. The molecule has 0 aliphatic heterocycles. The van der Waals surface area contributed by atoms with Crippen molar-refractivity contribution >= 4 is 23.2 Å². The molecule has 0 spiro atoms. The molecule has 2 aromatic carbocycles. The van der Waals surface area contributed by atoms with E-state index in [1.54, 1.807) is 0 Å². The predicted molar refractivity (Wildman–Crippen MR) is 95.6 cm³/mol. The summed E-state index contributed by atoms with van der Waals surface area (Å²) in [7, 11) is 0. The fraction of sp³-hybridized carbons (Fsp3) is 0.105. The van der Waals surface area contributed by atoms with Gasteiger partial charge in [-0.2, -0.15) is 0 Å². The average molecular weight is 336 g/mol. The zero-order chi connectivity index (χ0) is 17.8. The van der Waals surface area contributed by atoms with Crippen LogP contribution in [0.5, 0.6) is 0 Å². The molecule has 3 rings (SSSR count). The zero-order valence-corrected chi connectivity index (χ0v) is 13.9. The van der Waals surface area contributed by atoms with Crippen LogP contribution in [0.4, 0.5) is 21.7 Å². The van der Waals surface area contributed by atoms with Crippen LogP contribution in [-0.2, 0) is 0 Å². The van der Waals surface area contributed by atoms with Crippen molar-refractivity contribution in [2.75, 3.05) is 10.6 Å². The van der Waals surface area contributed by atoms with Crippen molar-refractivity contribution in [3.63, 3.8) is 0 Å². The Morgan fingerprint density at radius 1 is 0.960 bits per heavy atom. The summed E-state index contributed by atoms with van der Waals surface area (Å²) < 4.78 is 12.9. The first-order valence-corrected chi connectivity index (χ1v) is 7.75. The maximum atomic E-state index is 12.9. The predicted octanol–water partition coefficient (Wildman–Crippen LogP) is 4.23. The number of carbonyl (C=O) groups is 1. The Balaban J connectivity index is 1.76. The lowest BCUT2D eigenvalue weighted by Gasteiger charge is -2.09. The number of rotatable bonds is 4. The van der Waals surface area contributed by atoms with Crippen molar-refractivity contribution in [1.82, 2.24) is 9.97 Å². The minimum atomic E-state index is -0.391. The van der Waals surface area contributed by atoms with Crippen molar-refractivity contribution in [3.8, 4) is 0 Å². The van der Waals surface area contributed by atoms with Gasteiger partial charge >= 0.3 is 0 Å². The van der Waals surface area contributed by atoms with Crippen molar-refractivity contribution in [3.05, 3.63) is 77.4 Å². The molecule has 3 aromatic rings. The second kappa shape index (κ2) is 7.09. The van der Waals surface area contributed by atoms with Crippen LogP contribution in [0.15, 0.2) is 54.7 Å². The molecule has 0 saturated heterocycles. The maximum absolute atomic E-state index is 12.9. The molecular weight excluding hydrogens is 319 g/mol. The summed E-state index contributed by atoms with van der Waals surface area (Å²) in [5, 5.41) is 5.77. The first kappa shape index (κ1) is 16.6. The van der Waals surface area contributed by atoms with Crippen LogP contribution in [0.2, 0.25) is 0 Å². The Morgan fingerprint density at radius 2 is 1.64 bits per heavy atom.